The first-order valence-corrected chi connectivity index (χ1v) is 3.79. The van der Waals surface area contributed by atoms with Crippen molar-refractivity contribution in [2.75, 3.05) is 0 Å². The standard InChI is InChI=1S/C7H6F2O.C2H6/c8-6-2-1-3-7(9)5(6)4-10;1-2/h1-3,10H,4H2;1-2H3. The van der Waals surface area contributed by atoms with Gasteiger partial charge in [-0.3, -0.25) is 0 Å². The summed E-state index contributed by atoms with van der Waals surface area (Å²) in [4.78, 5) is 0. The van der Waals surface area contributed by atoms with Crippen LogP contribution in [-0.2, 0) is 6.61 Å². The van der Waals surface area contributed by atoms with Gasteiger partial charge in [0.25, 0.3) is 0 Å². The van der Waals surface area contributed by atoms with Crippen molar-refractivity contribution in [3.63, 3.8) is 0 Å². The second-order valence-corrected chi connectivity index (χ2v) is 1.86. The Labute approximate surface area is 70.7 Å². The fourth-order valence-electron chi connectivity index (χ4n) is 0.683. The van der Waals surface area contributed by atoms with Gasteiger partial charge in [-0.2, -0.15) is 0 Å². The first-order chi connectivity index (χ1) is 5.75. The molecule has 0 bridgehead atoms. The quantitative estimate of drug-likeness (QED) is 0.693. The zero-order valence-corrected chi connectivity index (χ0v) is 7.14. The predicted octanol–water partition coefficient (Wildman–Crippen LogP) is 2.48. The summed E-state index contributed by atoms with van der Waals surface area (Å²) in [6.07, 6.45) is 0. The Balaban J connectivity index is 0.000000561. The maximum absolute atomic E-state index is 12.5. The van der Waals surface area contributed by atoms with Crippen molar-refractivity contribution in [1.82, 2.24) is 0 Å². The highest BCUT2D eigenvalue weighted by Gasteiger charge is 2.04. The molecule has 0 radical (unpaired) electrons. The summed E-state index contributed by atoms with van der Waals surface area (Å²) in [5, 5.41) is 8.42. The van der Waals surface area contributed by atoms with Crippen molar-refractivity contribution in [3.8, 4) is 0 Å². The Morgan fingerprint density at radius 2 is 1.58 bits per heavy atom. The molecule has 3 heteroatoms. The van der Waals surface area contributed by atoms with Crippen LogP contribution in [0.1, 0.15) is 19.4 Å². The van der Waals surface area contributed by atoms with Gasteiger partial charge in [-0.15, -0.1) is 0 Å². The molecule has 0 aliphatic heterocycles. The first-order valence-electron chi connectivity index (χ1n) is 3.79. The molecule has 1 rings (SSSR count). The van der Waals surface area contributed by atoms with Crippen LogP contribution in [0, 0.1) is 11.6 Å². The number of rotatable bonds is 1. The monoisotopic (exact) mass is 174 g/mol. The molecule has 0 saturated heterocycles. The highest BCUT2D eigenvalue weighted by molar-refractivity contribution is 5.18. The average Bonchev–Trinajstić information content (AvgIpc) is 2.08. The molecule has 1 aromatic rings. The number of aliphatic hydroxyl groups is 1. The van der Waals surface area contributed by atoms with Crippen LogP contribution in [0.4, 0.5) is 8.78 Å². The SMILES string of the molecule is CC.OCc1c(F)cccc1F. The average molecular weight is 174 g/mol. The van der Waals surface area contributed by atoms with Crippen molar-refractivity contribution < 1.29 is 13.9 Å². The number of hydrogen-bond acceptors (Lipinski definition) is 1. The summed E-state index contributed by atoms with van der Waals surface area (Å²) in [5.74, 6) is -1.41. The molecule has 0 saturated carbocycles. The molecule has 0 spiro atoms. The van der Waals surface area contributed by atoms with Crippen molar-refractivity contribution in [2.45, 2.75) is 20.5 Å². The molecule has 0 aliphatic carbocycles. The second-order valence-electron chi connectivity index (χ2n) is 1.86. The van der Waals surface area contributed by atoms with Crippen LogP contribution in [0.3, 0.4) is 0 Å². The zero-order chi connectivity index (χ0) is 9.56. The van der Waals surface area contributed by atoms with Gasteiger partial charge in [-0.25, -0.2) is 8.78 Å². The summed E-state index contributed by atoms with van der Waals surface area (Å²) >= 11 is 0. The minimum atomic E-state index is -0.706. The van der Waals surface area contributed by atoms with Gasteiger partial charge in [-0.1, -0.05) is 19.9 Å². The maximum atomic E-state index is 12.5. The van der Waals surface area contributed by atoms with E-state index in [2.05, 4.69) is 0 Å². The van der Waals surface area contributed by atoms with E-state index in [0.717, 1.165) is 12.1 Å². The lowest BCUT2D eigenvalue weighted by molar-refractivity contribution is 0.269. The molecule has 0 atom stereocenters. The smallest absolute Gasteiger partial charge is 0.131 e. The Hall–Kier alpha value is -0.960. The van der Waals surface area contributed by atoms with E-state index >= 15 is 0 Å². The Morgan fingerprint density at radius 3 is 1.83 bits per heavy atom. The Morgan fingerprint density at radius 1 is 1.17 bits per heavy atom. The summed E-state index contributed by atoms with van der Waals surface area (Å²) in [7, 11) is 0. The molecule has 0 fully saturated rings. The molecule has 0 amide bonds. The Kier molecular flexibility index (Phi) is 5.21. The lowest BCUT2D eigenvalue weighted by atomic mass is 10.2. The molecular weight excluding hydrogens is 162 g/mol. The maximum Gasteiger partial charge on any atom is 0.131 e. The molecule has 0 aliphatic rings. The highest BCUT2D eigenvalue weighted by Crippen LogP contribution is 2.10. The molecule has 1 N–H and O–H groups in total. The van der Waals surface area contributed by atoms with E-state index in [0.29, 0.717) is 0 Å². The second kappa shape index (κ2) is 5.66. The van der Waals surface area contributed by atoms with Crippen molar-refractivity contribution >= 4 is 0 Å². The fourth-order valence-corrected chi connectivity index (χ4v) is 0.683. The minimum Gasteiger partial charge on any atom is -0.391 e. The topological polar surface area (TPSA) is 20.2 Å². The van der Waals surface area contributed by atoms with Gasteiger partial charge in [0.1, 0.15) is 11.6 Å². The Bertz CT molecular complexity index is 216. The van der Waals surface area contributed by atoms with E-state index in [4.69, 9.17) is 5.11 Å². The van der Waals surface area contributed by atoms with E-state index < -0.39 is 18.2 Å². The van der Waals surface area contributed by atoms with Gasteiger partial charge in [0.15, 0.2) is 0 Å². The largest absolute Gasteiger partial charge is 0.391 e. The third kappa shape index (κ3) is 2.58. The van der Waals surface area contributed by atoms with Gasteiger partial charge in [0.2, 0.25) is 0 Å². The normalized spacial score (nSPS) is 8.75. The van der Waals surface area contributed by atoms with E-state index in [1.165, 1.54) is 6.07 Å². The zero-order valence-electron chi connectivity index (χ0n) is 7.14. The van der Waals surface area contributed by atoms with Crippen LogP contribution < -0.4 is 0 Å². The molecule has 1 aromatic carbocycles. The van der Waals surface area contributed by atoms with E-state index in [1.54, 1.807) is 0 Å². The molecule has 1 nitrogen and oxygen atoms in total. The molecular formula is C9H12F2O. The van der Waals surface area contributed by atoms with Gasteiger partial charge >= 0.3 is 0 Å². The fraction of sp³-hybridized carbons (Fsp3) is 0.333. The van der Waals surface area contributed by atoms with Crippen LogP contribution in [0.25, 0.3) is 0 Å². The lowest BCUT2D eigenvalue weighted by Gasteiger charge is -1.97. The van der Waals surface area contributed by atoms with Gasteiger partial charge < -0.3 is 5.11 Å². The van der Waals surface area contributed by atoms with Gasteiger partial charge in [0, 0.05) is 5.56 Å². The lowest BCUT2D eigenvalue weighted by Crippen LogP contribution is -1.93. The molecule has 0 aromatic heterocycles. The summed E-state index contributed by atoms with van der Waals surface area (Å²) in [6, 6.07) is 3.47. The molecule has 0 unspecified atom stereocenters. The van der Waals surface area contributed by atoms with Crippen LogP contribution in [0.15, 0.2) is 18.2 Å². The van der Waals surface area contributed by atoms with Crippen LogP contribution in [-0.4, -0.2) is 5.11 Å². The van der Waals surface area contributed by atoms with Crippen molar-refractivity contribution in [1.29, 1.82) is 0 Å². The third-order valence-electron chi connectivity index (χ3n) is 1.22. The number of benzene rings is 1. The molecule has 68 valence electrons. The summed E-state index contributed by atoms with van der Waals surface area (Å²) in [6.45, 7) is 3.40. The first kappa shape index (κ1) is 11.0. The predicted molar refractivity (Wildman–Crippen MR) is 43.6 cm³/mol. The minimum absolute atomic E-state index is 0.275. The van der Waals surface area contributed by atoms with Crippen LogP contribution >= 0.6 is 0 Å². The van der Waals surface area contributed by atoms with Crippen molar-refractivity contribution in [2.24, 2.45) is 0 Å². The van der Waals surface area contributed by atoms with Crippen LogP contribution in [0.5, 0.6) is 0 Å². The third-order valence-corrected chi connectivity index (χ3v) is 1.22. The van der Waals surface area contributed by atoms with E-state index in [1.807, 2.05) is 13.8 Å². The summed E-state index contributed by atoms with van der Waals surface area (Å²) in [5.41, 5.74) is -0.275. The summed E-state index contributed by atoms with van der Waals surface area (Å²) < 4.78 is 24.9. The highest BCUT2D eigenvalue weighted by atomic mass is 19.1. The van der Waals surface area contributed by atoms with E-state index in [-0.39, 0.29) is 5.56 Å². The van der Waals surface area contributed by atoms with Crippen LogP contribution in [0.2, 0.25) is 0 Å². The number of hydrogen-bond donors (Lipinski definition) is 1. The van der Waals surface area contributed by atoms with E-state index in [9.17, 15) is 8.78 Å². The van der Waals surface area contributed by atoms with Crippen molar-refractivity contribution in [3.05, 3.63) is 35.4 Å². The van der Waals surface area contributed by atoms with Gasteiger partial charge in [0.05, 0.1) is 6.61 Å². The number of halogens is 2. The molecule has 0 heterocycles. The molecule has 12 heavy (non-hydrogen) atoms. The van der Waals surface area contributed by atoms with Gasteiger partial charge in [-0.05, 0) is 12.1 Å². The number of aliphatic hydroxyl groups excluding tert-OH is 1.